The van der Waals surface area contributed by atoms with E-state index in [1.165, 1.54) is 13.2 Å². The predicted molar refractivity (Wildman–Crippen MR) is 164 cm³/mol. The highest BCUT2D eigenvalue weighted by molar-refractivity contribution is 5.89. The molecule has 0 aromatic heterocycles. The van der Waals surface area contributed by atoms with Crippen LogP contribution in [0.5, 0.6) is 5.75 Å². The zero-order valence-corrected chi connectivity index (χ0v) is 26.9. The number of rotatable bonds is 9. The molecule has 10 heteroatoms. The van der Waals surface area contributed by atoms with Crippen LogP contribution in [0.3, 0.4) is 0 Å². The summed E-state index contributed by atoms with van der Waals surface area (Å²) in [5.41, 5.74) is 0.722. The Balaban J connectivity index is 1.83. The number of hydrogen-bond acceptors (Lipinski definition) is 6. The fourth-order valence-corrected chi connectivity index (χ4v) is 6.59. The number of carbonyl (C=O) groups excluding carboxylic acids is 2. The molecule has 0 radical (unpaired) electrons. The second kappa shape index (κ2) is 14.0. The summed E-state index contributed by atoms with van der Waals surface area (Å²) in [6.07, 6.45) is -3.82. The van der Waals surface area contributed by atoms with Crippen LogP contribution in [-0.2, 0) is 30.0 Å². The van der Waals surface area contributed by atoms with E-state index in [0.29, 0.717) is 13.0 Å². The minimum atomic E-state index is -4.56. The summed E-state index contributed by atoms with van der Waals surface area (Å²) < 4.78 is 64.4. The fourth-order valence-electron chi connectivity index (χ4n) is 6.59. The van der Waals surface area contributed by atoms with Crippen LogP contribution in [0.4, 0.5) is 13.2 Å². The molecule has 2 heterocycles. The molecule has 2 fully saturated rings. The minimum Gasteiger partial charge on any atom is -0.496 e. The number of benzene rings is 2. The Bertz CT molecular complexity index is 1380. The van der Waals surface area contributed by atoms with Gasteiger partial charge in [0.25, 0.3) is 5.91 Å². The smallest absolute Gasteiger partial charge is 0.416 e. The topological polar surface area (TPSA) is 74.3 Å². The van der Waals surface area contributed by atoms with Crippen LogP contribution >= 0.6 is 0 Å². The highest BCUT2D eigenvalue weighted by atomic mass is 19.4. The van der Waals surface area contributed by atoms with E-state index in [-0.39, 0.29) is 36.0 Å². The quantitative estimate of drug-likeness (QED) is 0.274. The lowest BCUT2D eigenvalue weighted by molar-refractivity contribution is -0.162. The molecular formula is C35H44F3NO6. The first-order chi connectivity index (χ1) is 21.2. The normalized spacial score (nSPS) is 23.9. The average Bonchev–Trinajstić information content (AvgIpc) is 3.35. The zero-order chi connectivity index (χ0) is 33.1. The van der Waals surface area contributed by atoms with Crippen molar-refractivity contribution in [3.05, 3.63) is 71.3 Å². The molecule has 246 valence electrons. The van der Waals surface area contributed by atoms with Crippen LogP contribution in [-0.4, -0.2) is 62.0 Å². The Morgan fingerprint density at radius 1 is 1.09 bits per heavy atom. The van der Waals surface area contributed by atoms with Gasteiger partial charge >= 0.3 is 12.1 Å². The summed E-state index contributed by atoms with van der Waals surface area (Å²) in [5.74, 6) is -1.17. The van der Waals surface area contributed by atoms with Gasteiger partial charge in [-0.25, -0.2) is 4.79 Å². The van der Waals surface area contributed by atoms with Gasteiger partial charge in [-0.3, -0.25) is 4.79 Å². The summed E-state index contributed by atoms with van der Waals surface area (Å²) >= 11 is 0. The van der Waals surface area contributed by atoms with Crippen LogP contribution in [0.2, 0.25) is 0 Å². The number of halogens is 3. The summed E-state index contributed by atoms with van der Waals surface area (Å²) in [4.78, 5) is 29.8. The summed E-state index contributed by atoms with van der Waals surface area (Å²) in [7, 11) is 1.38. The molecule has 1 amide bonds. The Kier molecular flexibility index (Phi) is 10.7. The van der Waals surface area contributed by atoms with Crippen LogP contribution in [0.15, 0.2) is 49.0 Å². The van der Waals surface area contributed by atoms with E-state index in [1.807, 2.05) is 52.0 Å². The van der Waals surface area contributed by atoms with Crippen molar-refractivity contribution in [1.82, 2.24) is 4.90 Å². The monoisotopic (exact) mass is 631 g/mol. The average molecular weight is 632 g/mol. The van der Waals surface area contributed by atoms with Crippen molar-refractivity contribution in [2.75, 3.05) is 26.9 Å². The van der Waals surface area contributed by atoms with E-state index in [0.717, 1.165) is 36.1 Å². The molecule has 2 saturated heterocycles. The Labute approximate surface area is 263 Å². The number of methoxy groups -OCH3 is 1. The predicted octanol–water partition coefficient (Wildman–Crippen LogP) is 7.17. The van der Waals surface area contributed by atoms with Gasteiger partial charge in [0.1, 0.15) is 17.9 Å². The minimum absolute atomic E-state index is 0.126. The van der Waals surface area contributed by atoms with Gasteiger partial charge in [0, 0.05) is 18.1 Å². The second-order valence-corrected chi connectivity index (χ2v) is 12.8. The molecule has 2 aromatic carbocycles. The molecule has 45 heavy (non-hydrogen) atoms. The van der Waals surface area contributed by atoms with Gasteiger partial charge < -0.3 is 23.8 Å². The Morgan fingerprint density at radius 2 is 1.80 bits per heavy atom. The molecule has 0 N–H and O–H groups in total. The molecule has 2 aliphatic heterocycles. The van der Waals surface area contributed by atoms with Crippen molar-refractivity contribution < 1.29 is 41.7 Å². The number of esters is 1. The van der Waals surface area contributed by atoms with Crippen molar-refractivity contribution in [3.63, 3.8) is 0 Å². The summed E-state index contributed by atoms with van der Waals surface area (Å²) in [5, 5.41) is 0. The van der Waals surface area contributed by atoms with Gasteiger partial charge in [0.05, 0.1) is 38.0 Å². The maximum absolute atomic E-state index is 14.4. The van der Waals surface area contributed by atoms with Crippen molar-refractivity contribution in [3.8, 4) is 5.75 Å². The lowest BCUT2D eigenvalue weighted by atomic mass is 9.73. The van der Waals surface area contributed by atoms with Crippen LogP contribution in [0, 0.1) is 18.3 Å². The first kappa shape index (κ1) is 34.5. The number of likely N-dealkylation sites (tertiary alicyclic amines) is 1. The van der Waals surface area contributed by atoms with Crippen LogP contribution in [0.1, 0.15) is 75.3 Å². The molecule has 2 aromatic rings. The lowest BCUT2D eigenvalue weighted by Gasteiger charge is -2.36. The van der Waals surface area contributed by atoms with E-state index >= 15 is 0 Å². The Hall–Kier alpha value is -3.37. The van der Waals surface area contributed by atoms with E-state index < -0.39 is 53.3 Å². The van der Waals surface area contributed by atoms with Gasteiger partial charge in [0.15, 0.2) is 0 Å². The third-order valence-corrected chi connectivity index (χ3v) is 8.71. The molecular weight excluding hydrogens is 587 g/mol. The maximum atomic E-state index is 14.4. The van der Waals surface area contributed by atoms with Gasteiger partial charge in [-0.05, 0) is 73.4 Å². The number of ether oxygens (including phenoxy) is 4. The highest BCUT2D eigenvalue weighted by Crippen LogP contribution is 2.51. The zero-order valence-electron chi connectivity index (χ0n) is 26.9. The fraction of sp³-hybridized carbons (Fsp3) is 0.543. The number of alkyl halides is 3. The molecule has 0 unspecified atom stereocenters. The van der Waals surface area contributed by atoms with E-state index in [4.69, 9.17) is 18.9 Å². The molecule has 0 spiro atoms. The lowest BCUT2D eigenvalue weighted by Crippen LogP contribution is -2.51. The largest absolute Gasteiger partial charge is 0.496 e. The third-order valence-electron chi connectivity index (χ3n) is 8.71. The van der Waals surface area contributed by atoms with Crippen molar-refractivity contribution in [1.29, 1.82) is 0 Å². The first-order valence-electron chi connectivity index (χ1n) is 15.4. The number of hydrogen-bond donors (Lipinski definition) is 0. The standard InChI is InChI=1S/C35H44F3NO6/c1-8-43-33(41)30-28(34(4,5)6)31(45-20-22(3)25-19-23(35(36,37)38)16-17-26(25)42-7)29(24-14-10-9-13-21(24)2)39(30)32(40)27-15-11-12-18-44-27/h9-10,13-14,16-17,19,27-31H,3,8,11-12,15,18,20H2,1-2,4-7H3/t27-,28+,29-,30-,31-/m0/s1. The number of amides is 1. The van der Waals surface area contributed by atoms with E-state index in [9.17, 15) is 22.8 Å². The molecule has 5 atom stereocenters. The highest BCUT2D eigenvalue weighted by Gasteiger charge is 2.60. The Morgan fingerprint density at radius 3 is 2.38 bits per heavy atom. The molecule has 2 aliphatic rings. The third kappa shape index (κ3) is 7.38. The number of aryl methyl sites for hydroxylation is 1. The molecule has 4 rings (SSSR count). The first-order valence-corrected chi connectivity index (χ1v) is 15.4. The molecule has 0 saturated carbocycles. The van der Waals surface area contributed by atoms with Crippen LogP contribution < -0.4 is 4.74 Å². The van der Waals surface area contributed by atoms with Gasteiger partial charge in [-0.1, -0.05) is 51.6 Å². The number of carbonyl (C=O) groups is 2. The maximum Gasteiger partial charge on any atom is 0.416 e. The SMILES string of the molecule is C=C(CO[C@H]1[C@H](C(C)(C)C)[C@@H](C(=O)OCC)N(C(=O)[C@@H]2CCCCO2)[C@H]1c1ccccc1C)c1cc(C(F)(F)F)ccc1OC. The van der Waals surface area contributed by atoms with Crippen molar-refractivity contribution in [2.45, 2.75) is 84.3 Å². The molecule has 7 nitrogen and oxygen atoms in total. The summed E-state index contributed by atoms with van der Waals surface area (Å²) in [6.45, 7) is 14.1. The van der Waals surface area contributed by atoms with Crippen molar-refractivity contribution in [2.24, 2.45) is 11.3 Å². The molecule has 0 aliphatic carbocycles. The van der Waals surface area contributed by atoms with E-state index in [1.54, 1.807) is 11.8 Å². The van der Waals surface area contributed by atoms with E-state index in [2.05, 4.69) is 6.58 Å². The van der Waals surface area contributed by atoms with Crippen LogP contribution in [0.25, 0.3) is 5.57 Å². The van der Waals surface area contributed by atoms with Gasteiger partial charge in [-0.15, -0.1) is 0 Å². The second-order valence-electron chi connectivity index (χ2n) is 12.8. The number of nitrogens with zero attached hydrogens (tertiary/aromatic N) is 1. The van der Waals surface area contributed by atoms with Gasteiger partial charge in [-0.2, -0.15) is 13.2 Å². The van der Waals surface area contributed by atoms with Gasteiger partial charge in [0.2, 0.25) is 0 Å². The summed E-state index contributed by atoms with van der Waals surface area (Å²) in [6, 6.07) is 9.12. The van der Waals surface area contributed by atoms with Crippen molar-refractivity contribution >= 4 is 17.4 Å². The molecule has 0 bridgehead atoms.